The van der Waals surface area contributed by atoms with E-state index in [1.54, 1.807) is 20.7 Å². The van der Waals surface area contributed by atoms with E-state index in [2.05, 4.69) is 128 Å². The normalized spacial score (nSPS) is 14.7. The Morgan fingerprint density at radius 3 is 0.750 bits per heavy atom. The highest BCUT2D eigenvalue weighted by molar-refractivity contribution is 7.18. The Kier molecular flexibility index (Phi) is 9.77. The van der Waals surface area contributed by atoms with Crippen molar-refractivity contribution in [3.8, 4) is 0 Å². The fourth-order valence-corrected chi connectivity index (χ4v) is 18.0. The molecule has 0 saturated carbocycles. The Balaban J connectivity index is 0.000000550. The standard InChI is InChI=1S/C28H32Si2.2C3H8/c1-5-29(6-2)25-17-21-13-9-11-15-23(21)19-27(25)30(7-3,8-4)28-20-24-16-12-10-14-22(24)18-26(28)29;2*1-3-2/h9-20H,5-8H2,1-4H3;2*3H2,1-2H3. The number of hydrogen-bond donors (Lipinski definition) is 0. The summed E-state index contributed by atoms with van der Waals surface area (Å²) in [6.45, 7) is 18.3. The molecule has 4 aromatic rings. The fraction of sp³-hybridized carbons (Fsp3) is 0.412. The average Bonchev–Trinajstić information content (AvgIpc) is 2.91. The minimum atomic E-state index is -1.79. The predicted molar refractivity (Wildman–Crippen MR) is 172 cm³/mol. The summed E-state index contributed by atoms with van der Waals surface area (Å²) in [5, 5.41) is 12.8. The predicted octanol–water partition coefficient (Wildman–Crippen LogP) is 8.34. The second kappa shape index (κ2) is 12.4. The molecule has 5 rings (SSSR count). The van der Waals surface area contributed by atoms with Crippen LogP contribution in [-0.2, 0) is 0 Å². The van der Waals surface area contributed by atoms with Gasteiger partial charge in [0, 0.05) is 0 Å². The summed E-state index contributed by atoms with van der Waals surface area (Å²) in [4.78, 5) is 0. The number of hydrogen-bond acceptors (Lipinski definition) is 0. The smallest absolute Gasteiger partial charge is 0.0672 e. The second-order valence-corrected chi connectivity index (χ2v) is 19.8. The molecular formula is C34H48Si2. The van der Waals surface area contributed by atoms with Crippen LogP contribution in [-0.4, -0.2) is 16.1 Å². The zero-order valence-electron chi connectivity index (χ0n) is 24.2. The van der Waals surface area contributed by atoms with Gasteiger partial charge in [0.2, 0.25) is 0 Å². The molecule has 0 aromatic heterocycles. The molecule has 1 aliphatic rings. The lowest BCUT2D eigenvalue weighted by molar-refractivity contribution is 1.09. The van der Waals surface area contributed by atoms with Crippen LogP contribution in [0.4, 0.5) is 0 Å². The molecule has 36 heavy (non-hydrogen) atoms. The van der Waals surface area contributed by atoms with Gasteiger partial charge in [0.25, 0.3) is 0 Å². The largest absolute Gasteiger partial charge is 0.117 e. The molecule has 0 N–H and O–H groups in total. The van der Waals surface area contributed by atoms with Crippen LogP contribution in [0, 0.1) is 0 Å². The highest BCUT2D eigenvalue weighted by Crippen LogP contribution is 2.29. The highest BCUT2D eigenvalue weighted by Gasteiger charge is 2.50. The van der Waals surface area contributed by atoms with E-state index in [1.807, 2.05) is 0 Å². The van der Waals surface area contributed by atoms with Crippen molar-refractivity contribution < 1.29 is 0 Å². The summed E-state index contributed by atoms with van der Waals surface area (Å²) >= 11 is 0. The summed E-state index contributed by atoms with van der Waals surface area (Å²) in [5.74, 6) is 0. The molecule has 192 valence electrons. The van der Waals surface area contributed by atoms with Crippen LogP contribution < -0.4 is 20.7 Å². The maximum absolute atomic E-state index is 2.62. The zero-order valence-corrected chi connectivity index (χ0v) is 26.2. The van der Waals surface area contributed by atoms with Crippen molar-refractivity contribution in [2.75, 3.05) is 0 Å². The Morgan fingerprint density at radius 1 is 0.389 bits per heavy atom. The van der Waals surface area contributed by atoms with Crippen molar-refractivity contribution in [2.45, 2.75) is 92.4 Å². The second-order valence-electron chi connectivity index (χ2n) is 10.5. The SMILES string of the molecule is CCC.CCC.CC[Si]1(CC)c2cc3ccccc3cc2[Si](CC)(CC)c2cc3ccccc3cc21. The number of rotatable bonds is 4. The van der Waals surface area contributed by atoms with Crippen LogP contribution in [0.2, 0.25) is 24.2 Å². The van der Waals surface area contributed by atoms with Gasteiger partial charge in [-0.05, 0) is 21.5 Å². The Labute approximate surface area is 223 Å². The molecule has 0 bridgehead atoms. The molecule has 0 atom stereocenters. The molecule has 0 nitrogen and oxygen atoms in total. The Morgan fingerprint density at radius 2 is 0.583 bits per heavy atom. The Hall–Kier alpha value is -2.17. The van der Waals surface area contributed by atoms with Gasteiger partial charge < -0.3 is 0 Å². The van der Waals surface area contributed by atoms with Crippen molar-refractivity contribution in [2.24, 2.45) is 0 Å². The van der Waals surface area contributed by atoms with E-state index in [9.17, 15) is 0 Å². The summed E-state index contributed by atoms with van der Waals surface area (Å²) < 4.78 is 0. The molecule has 1 aliphatic heterocycles. The van der Waals surface area contributed by atoms with Gasteiger partial charge in [-0.2, -0.15) is 0 Å². The van der Waals surface area contributed by atoms with Crippen LogP contribution in [0.25, 0.3) is 21.5 Å². The summed E-state index contributed by atoms with van der Waals surface area (Å²) in [6.07, 6.45) is 2.50. The molecule has 0 radical (unpaired) electrons. The maximum Gasteiger partial charge on any atom is 0.117 e. The molecule has 2 heteroatoms. The van der Waals surface area contributed by atoms with Crippen LogP contribution in [0.3, 0.4) is 0 Å². The molecule has 0 saturated heterocycles. The van der Waals surface area contributed by atoms with Gasteiger partial charge in [0.15, 0.2) is 0 Å². The third-order valence-electron chi connectivity index (χ3n) is 8.25. The summed E-state index contributed by atoms with van der Waals surface area (Å²) in [7, 11) is -3.59. The van der Waals surface area contributed by atoms with Crippen molar-refractivity contribution in [3.05, 3.63) is 72.8 Å². The average molecular weight is 513 g/mol. The van der Waals surface area contributed by atoms with Gasteiger partial charge in [0.05, 0.1) is 0 Å². The number of fused-ring (bicyclic) bond motifs is 4. The first-order chi connectivity index (χ1) is 17.5. The molecule has 0 amide bonds. The summed E-state index contributed by atoms with van der Waals surface area (Å²) in [6, 6.07) is 33.7. The van der Waals surface area contributed by atoms with E-state index in [-0.39, 0.29) is 0 Å². The monoisotopic (exact) mass is 512 g/mol. The summed E-state index contributed by atoms with van der Waals surface area (Å²) in [5.41, 5.74) is 0. The molecule has 0 aliphatic carbocycles. The Bertz CT molecular complexity index is 1090. The third-order valence-corrected chi connectivity index (χ3v) is 19.4. The van der Waals surface area contributed by atoms with E-state index in [1.165, 1.54) is 58.6 Å². The topological polar surface area (TPSA) is 0 Å². The van der Waals surface area contributed by atoms with E-state index in [4.69, 9.17) is 0 Å². The quantitative estimate of drug-likeness (QED) is 0.241. The molecular weight excluding hydrogens is 465 g/mol. The molecule has 1 heterocycles. The van der Waals surface area contributed by atoms with Gasteiger partial charge in [-0.3, -0.25) is 0 Å². The molecule has 0 fully saturated rings. The lowest BCUT2D eigenvalue weighted by Gasteiger charge is -2.47. The first-order valence-corrected chi connectivity index (χ1v) is 19.4. The zero-order chi connectivity index (χ0) is 26.3. The van der Waals surface area contributed by atoms with Gasteiger partial charge in [0.1, 0.15) is 16.1 Å². The molecule has 4 aromatic carbocycles. The van der Waals surface area contributed by atoms with Crippen molar-refractivity contribution in [3.63, 3.8) is 0 Å². The van der Waals surface area contributed by atoms with E-state index < -0.39 is 16.1 Å². The van der Waals surface area contributed by atoms with Gasteiger partial charge >= 0.3 is 0 Å². The molecule has 0 unspecified atom stereocenters. The van der Waals surface area contributed by atoms with E-state index in [0.29, 0.717) is 0 Å². The van der Waals surface area contributed by atoms with Gasteiger partial charge in [-0.15, -0.1) is 0 Å². The fourth-order valence-electron chi connectivity index (χ4n) is 6.38. The van der Waals surface area contributed by atoms with Crippen LogP contribution in [0.1, 0.15) is 68.2 Å². The highest BCUT2D eigenvalue weighted by atomic mass is 28.3. The lowest BCUT2D eigenvalue weighted by atomic mass is 10.1. The van der Waals surface area contributed by atoms with Crippen molar-refractivity contribution in [1.82, 2.24) is 0 Å². The van der Waals surface area contributed by atoms with Crippen LogP contribution in [0.15, 0.2) is 72.8 Å². The minimum Gasteiger partial charge on any atom is -0.0672 e. The van der Waals surface area contributed by atoms with E-state index >= 15 is 0 Å². The van der Waals surface area contributed by atoms with Crippen molar-refractivity contribution >= 4 is 58.4 Å². The van der Waals surface area contributed by atoms with Crippen LogP contribution >= 0.6 is 0 Å². The molecule has 0 spiro atoms. The first kappa shape index (κ1) is 28.4. The van der Waals surface area contributed by atoms with Crippen molar-refractivity contribution in [1.29, 1.82) is 0 Å². The van der Waals surface area contributed by atoms with Gasteiger partial charge in [-0.25, -0.2) is 0 Å². The first-order valence-electron chi connectivity index (χ1n) is 14.5. The number of benzene rings is 4. The van der Waals surface area contributed by atoms with E-state index in [0.717, 1.165) is 0 Å². The minimum absolute atomic E-state index is 1.25. The maximum atomic E-state index is 2.62. The van der Waals surface area contributed by atoms with Gasteiger partial charge in [-0.1, -0.05) is 186 Å². The third kappa shape index (κ3) is 4.75. The van der Waals surface area contributed by atoms with Crippen LogP contribution in [0.5, 0.6) is 0 Å². The lowest BCUT2D eigenvalue weighted by Crippen LogP contribution is -2.80.